The Bertz CT molecular complexity index is 797. The van der Waals surface area contributed by atoms with Crippen LogP contribution in [-0.4, -0.2) is 46.0 Å². The zero-order valence-electron chi connectivity index (χ0n) is 14.9. The summed E-state index contributed by atoms with van der Waals surface area (Å²) in [6, 6.07) is 12.1. The highest BCUT2D eigenvalue weighted by Gasteiger charge is 2.34. The van der Waals surface area contributed by atoms with Crippen LogP contribution >= 0.6 is 0 Å². The highest BCUT2D eigenvalue weighted by molar-refractivity contribution is 5.92. The zero-order valence-corrected chi connectivity index (χ0v) is 14.9. The molecule has 136 valence electrons. The molecule has 1 aliphatic carbocycles. The second-order valence-electron chi connectivity index (χ2n) is 7.36. The number of nitrogens with one attached hydrogen (secondary N) is 2. The Labute approximate surface area is 153 Å². The quantitative estimate of drug-likeness (QED) is 0.867. The molecular weight excluding hydrogens is 328 g/mol. The second-order valence-corrected chi connectivity index (χ2v) is 7.36. The first-order chi connectivity index (χ1) is 12.6. The summed E-state index contributed by atoms with van der Waals surface area (Å²) in [6.45, 7) is 3.31. The van der Waals surface area contributed by atoms with Crippen LogP contribution in [0.25, 0.3) is 0 Å². The molecule has 2 aliphatic rings. The molecular formula is C20H24N4O2. The maximum Gasteiger partial charge on any atom is 0.274 e. The molecule has 2 N–H and O–H groups in total. The van der Waals surface area contributed by atoms with Crippen LogP contribution < -0.4 is 5.32 Å². The average Bonchev–Trinajstić information content (AvgIpc) is 3.23. The smallest absolute Gasteiger partial charge is 0.274 e. The number of carbonyl (C=O) groups is 2. The Morgan fingerprint density at radius 3 is 2.73 bits per heavy atom. The van der Waals surface area contributed by atoms with E-state index in [0.717, 1.165) is 25.0 Å². The van der Waals surface area contributed by atoms with Gasteiger partial charge in [0.05, 0.1) is 0 Å². The van der Waals surface area contributed by atoms with Gasteiger partial charge in [0.1, 0.15) is 5.69 Å². The molecule has 6 heteroatoms. The van der Waals surface area contributed by atoms with Gasteiger partial charge in [-0.3, -0.25) is 14.7 Å². The van der Waals surface area contributed by atoms with Crippen molar-refractivity contribution >= 4 is 11.8 Å². The highest BCUT2D eigenvalue weighted by Crippen LogP contribution is 2.29. The minimum atomic E-state index is -0.0732. The molecule has 0 bridgehead atoms. The van der Waals surface area contributed by atoms with Gasteiger partial charge in [0, 0.05) is 36.7 Å². The summed E-state index contributed by atoms with van der Waals surface area (Å²) >= 11 is 0. The van der Waals surface area contributed by atoms with Crippen LogP contribution in [0.1, 0.15) is 53.8 Å². The summed E-state index contributed by atoms with van der Waals surface area (Å²) in [5.41, 5.74) is 2.55. The van der Waals surface area contributed by atoms with E-state index in [2.05, 4.69) is 34.6 Å². The number of aromatic amines is 1. The van der Waals surface area contributed by atoms with Gasteiger partial charge in [-0.05, 0) is 30.9 Å². The van der Waals surface area contributed by atoms with E-state index in [1.54, 1.807) is 4.90 Å². The Kier molecular flexibility index (Phi) is 4.49. The largest absolute Gasteiger partial charge is 0.351 e. The van der Waals surface area contributed by atoms with Crippen molar-refractivity contribution in [1.82, 2.24) is 20.4 Å². The van der Waals surface area contributed by atoms with Gasteiger partial charge in [0.2, 0.25) is 5.91 Å². The lowest BCUT2D eigenvalue weighted by molar-refractivity contribution is -0.122. The van der Waals surface area contributed by atoms with Crippen LogP contribution in [-0.2, 0) is 4.79 Å². The summed E-state index contributed by atoms with van der Waals surface area (Å²) in [4.78, 5) is 26.4. The second kappa shape index (κ2) is 6.94. The van der Waals surface area contributed by atoms with E-state index >= 15 is 0 Å². The summed E-state index contributed by atoms with van der Waals surface area (Å²) in [5, 5.41) is 10.3. The van der Waals surface area contributed by atoms with E-state index in [9.17, 15) is 9.59 Å². The average molecular weight is 352 g/mol. The topological polar surface area (TPSA) is 78.1 Å². The van der Waals surface area contributed by atoms with Gasteiger partial charge in [-0.2, -0.15) is 5.10 Å². The number of rotatable bonds is 5. The molecule has 26 heavy (non-hydrogen) atoms. The highest BCUT2D eigenvalue weighted by atomic mass is 16.2. The van der Waals surface area contributed by atoms with Crippen molar-refractivity contribution in [3.05, 3.63) is 53.3 Å². The molecule has 2 aromatic rings. The third-order valence-corrected chi connectivity index (χ3v) is 5.35. The number of hydrogen-bond donors (Lipinski definition) is 2. The van der Waals surface area contributed by atoms with Crippen LogP contribution in [0.15, 0.2) is 36.4 Å². The number of H-pyrrole nitrogens is 1. The first kappa shape index (κ1) is 16.8. The summed E-state index contributed by atoms with van der Waals surface area (Å²) in [6.07, 6.45) is 2.80. The Morgan fingerprint density at radius 2 is 2.00 bits per heavy atom. The van der Waals surface area contributed by atoms with E-state index in [1.165, 1.54) is 5.56 Å². The van der Waals surface area contributed by atoms with Crippen LogP contribution in [0.4, 0.5) is 0 Å². The predicted molar refractivity (Wildman–Crippen MR) is 97.7 cm³/mol. The van der Waals surface area contributed by atoms with Crippen LogP contribution in [0.3, 0.4) is 0 Å². The fourth-order valence-electron chi connectivity index (χ4n) is 3.48. The lowest BCUT2D eigenvalue weighted by Gasteiger charge is -2.16. The van der Waals surface area contributed by atoms with Crippen LogP contribution in [0.5, 0.6) is 0 Å². The van der Waals surface area contributed by atoms with Crippen LogP contribution in [0, 0.1) is 5.92 Å². The molecule has 1 aromatic heterocycles. The van der Waals surface area contributed by atoms with Crippen molar-refractivity contribution in [3.8, 4) is 0 Å². The Balaban J connectivity index is 1.38. The monoisotopic (exact) mass is 352 g/mol. The molecule has 1 saturated carbocycles. The zero-order chi connectivity index (χ0) is 18.1. The molecule has 4 rings (SSSR count). The molecule has 0 spiro atoms. The molecule has 0 radical (unpaired) electrons. The van der Waals surface area contributed by atoms with Crippen molar-refractivity contribution in [2.45, 2.75) is 38.1 Å². The van der Waals surface area contributed by atoms with E-state index in [4.69, 9.17) is 0 Å². The SMILES string of the molecule is CC(c1ccccc1)c1cc(C(=O)N2CCC(NC(=O)C3CC3)C2)n[nH]1. The number of nitrogens with zero attached hydrogens (tertiary/aromatic N) is 2. The number of benzene rings is 1. The number of amides is 2. The summed E-state index contributed by atoms with van der Waals surface area (Å²) < 4.78 is 0. The minimum Gasteiger partial charge on any atom is -0.351 e. The molecule has 2 amide bonds. The number of carbonyl (C=O) groups excluding carboxylic acids is 2. The molecule has 2 heterocycles. The number of hydrogen-bond acceptors (Lipinski definition) is 3. The van der Waals surface area contributed by atoms with E-state index < -0.39 is 0 Å². The van der Waals surface area contributed by atoms with E-state index in [1.807, 2.05) is 24.3 Å². The number of likely N-dealkylation sites (tertiary alicyclic amines) is 1. The van der Waals surface area contributed by atoms with Crippen LogP contribution in [0.2, 0.25) is 0 Å². The Morgan fingerprint density at radius 1 is 1.23 bits per heavy atom. The molecule has 1 aromatic carbocycles. The third kappa shape index (κ3) is 3.49. The first-order valence-corrected chi connectivity index (χ1v) is 9.31. The maximum absolute atomic E-state index is 12.7. The van der Waals surface area contributed by atoms with Gasteiger partial charge in [0.15, 0.2) is 0 Å². The molecule has 2 unspecified atom stereocenters. The minimum absolute atomic E-state index is 0.0636. The van der Waals surface area contributed by atoms with Gasteiger partial charge in [-0.1, -0.05) is 37.3 Å². The van der Waals surface area contributed by atoms with Crippen molar-refractivity contribution in [2.24, 2.45) is 5.92 Å². The molecule has 1 saturated heterocycles. The van der Waals surface area contributed by atoms with E-state index in [-0.39, 0.29) is 29.7 Å². The lowest BCUT2D eigenvalue weighted by Crippen LogP contribution is -2.39. The van der Waals surface area contributed by atoms with Crippen molar-refractivity contribution in [3.63, 3.8) is 0 Å². The maximum atomic E-state index is 12.7. The predicted octanol–water partition coefficient (Wildman–Crippen LogP) is 2.30. The third-order valence-electron chi connectivity index (χ3n) is 5.35. The molecule has 6 nitrogen and oxygen atoms in total. The molecule has 2 atom stereocenters. The van der Waals surface area contributed by atoms with Gasteiger partial charge in [-0.15, -0.1) is 0 Å². The van der Waals surface area contributed by atoms with Gasteiger partial charge in [0.25, 0.3) is 5.91 Å². The normalized spacial score (nSPS) is 20.8. The fourth-order valence-corrected chi connectivity index (χ4v) is 3.48. The van der Waals surface area contributed by atoms with Gasteiger partial charge in [-0.25, -0.2) is 0 Å². The number of aromatic nitrogens is 2. The van der Waals surface area contributed by atoms with Crippen molar-refractivity contribution in [1.29, 1.82) is 0 Å². The van der Waals surface area contributed by atoms with Gasteiger partial charge < -0.3 is 10.2 Å². The van der Waals surface area contributed by atoms with Gasteiger partial charge >= 0.3 is 0 Å². The summed E-state index contributed by atoms with van der Waals surface area (Å²) in [7, 11) is 0. The molecule has 2 fully saturated rings. The Hall–Kier alpha value is -2.63. The standard InChI is InChI=1S/C20H24N4O2/c1-13(14-5-3-2-4-6-14)17-11-18(23-22-17)20(26)24-10-9-16(12-24)21-19(25)15-7-8-15/h2-6,11,13,15-16H,7-10,12H2,1H3,(H,21,25)(H,22,23). The van der Waals surface area contributed by atoms with Crippen molar-refractivity contribution < 1.29 is 9.59 Å². The summed E-state index contributed by atoms with van der Waals surface area (Å²) in [5.74, 6) is 0.418. The fraction of sp³-hybridized carbons (Fsp3) is 0.450. The molecule has 1 aliphatic heterocycles. The lowest BCUT2D eigenvalue weighted by atomic mass is 9.98. The first-order valence-electron chi connectivity index (χ1n) is 9.31. The van der Waals surface area contributed by atoms with Crippen molar-refractivity contribution in [2.75, 3.05) is 13.1 Å². The van der Waals surface area contributed by atoms with E-state index in [0.29, 0.717) is 18.8 Å².